The normalized spacial score (nSPS) is 11.7. The number of rotatable bonds is 2. The van der Waals surface area contributed by atoms with Crippen molar-refractivity contribution in [2.45, 2.75) is 27.2 Å². The van der Waals surface area contributed by atoms with Gasteiger partial charge in [0.1, 0.15) is 0 Å². The number of hydrogen-bond donors (Lipinski definition) is 2. The van der Waals surface area contributed by atoms with Crippen LogP contribution >= 0.6 is 0 Å². The van der Waals surface area contributed by atoms with E-state index < -0.39 is 0 Å². The molecule has 0 saturated carbocycles. The maximum absolute atomic E-state index is 8.33. The summed E-state index contributed by atoms with van der Waals surface area (Å²) in [5.41, 5.74) is 0. The Kier molecular flexibility index (Phi) is 14.0. The summed E-state index contributed by atoms with van der Waals surface area (Å²) in [6.45, 7) is 6.36. The van der Waals surface area contributed by atoms with E-state index in [1.54, 1.807) is 6.92 Å². The fourth-order valence-corrected chi connectivity index (χ4v) is 0.129. The molecule has 0 saturated heterocycles. The molecule has 0 aromatic carbocycles. The summed E-state index contributed by atoms with van der Waals surface area (Å²) >= 11 is 0. The first-order valence-electron chi connectivity index (χ1n) is 3.44. The van der Waals surface area contributed by atoms with Crippen LogP contribution in [0.4, 0.5) is 0 Å². The highest BCUT2D eigenvalue weighted by atomic mass is 16.3. The van der Waals surface area contributed by atoms with Crippen LogP contribution in [0.25, 0.3) is 0 Å². The lowest BCUT2D eigenvalue weighted by Gasteiger charge is -1.98. The Morgan fingerprint density at radius 2 is 1.56 bits per heavy atom. The zero-order valence-electron chi connectivity index (χ0n) is 6.59. The van der Waals surface area contributed by atoms with Gasteiger partial charge in [-0.05, 0) is 12.8 Å². The van der Waals surface area contributed by atoms with Gasteiger partial charge in [-0.1, -0.05) is 20.3 Å². The summed E-state index contributed by atoms with van der Waals surface area (Å²) in [4.78, 5) is 0. The van der Waals surface area contributed by atoms with E-state index in [1.807, 2.05) is 6.92 Å². The van der Waals surface area contributed by atoms with Gasteiger partial charge in [0.25, 0.3) is 0 Å². The molecule has 0 heterocycles. The van der Waals surface area contributed by atoms with Crippen molar-refractivity contribution in [2.75, 3.05) is 13.2 Å². The third-order valence-corrected chi connectivity index (χ3v) is 1.01. The molecular weight excluding hydrogens is 116 g/mol. The molecule has 9 heavy (non-hydrogen) atoms. The summed E-state index contributed by atoms with van der Waals surface area (Å²) in [5, 5.41) is 15.9. The van der Waals surface area contributed by atoms with Crippen LogP contribution in [0.5, 0.6) is 0 Å². The highest BCUT2D eigenvalue weighted by molar-refractivity contribution is 4.41. The number of aliphatic hydroxyl groups excluding tert-OH is 2. The maximum atomic E-state index is 8.33. The van der Waals surface area contributed by atoms with Gasteiger partial charge in [0, 0.05) is 13.2 Å². The van der Waals surface area contributed by atoms with Gasteiger partial charge in [-0.25, -0.2) is 0 Å². The smallest absolute Gasteiger partial charge is 0.0456 e. The largest absolute Gasteiger partial charge is 0.397 e. The molecule has 58 valence electrons. The van der Waals surface area contributed by atoms with E-state index in [-0.39, 0.29) is 6.61 Å². The van der Waals surface area contributed by atoms with Crippen molar-refractivity contribution < 1.29 is 10.2 Å². The topological polar surface area (TPSA) is 40.5 Å². The Morgan fingerprint density at radius 3 is 1.56 bits per heavy atom. The SMILES string of the molecule is CCC(C)CO.CCO. The van der Waals surface area contributed by atoms with Gasteiger partial charge in [-0.3, -0.25) is 0 Å². The van der Waals surface area contributed by atoms with Crippen molar-refractivity contribution in [3.63, 3.8) is 0 Å². The van der Waals surface area contributed by atoms with E-state index in [0.29, 0.717) is 12.5 Å². The molecule has 0 aromatic heterocycles. The molecule has 0 aliphatic rings. The third kappa shape index (κ3) is 18.1. The van der Waals surface area contributed by atoms with Crippen LogP contribution in [0.3, 0.4) is 0 Å². The predicted molar refractivity (Wildman–Crippen MR) is 39.3 cm³/mol. The van der Waals surface area contributed by atoms with E-state index in [2.05, 4.69) is 6.92 Å². The van der Waals surface area contributed by atoms with Crippen LogP contribution in [-0.2, 0) is 0 Å². The Hall–Kier alpha value is -0.0800. The molecule has 1 atom stereocenters. The fraction of sp³-hybridized carbons (Fsp3) is 1.00. The van der Waals surface area contributed by atoms with E-state index in [4.69, 9.17) is 10.2 Å². The van der Waals surface area contributed by atoms with Crippen molar-refractivity contribution >= 4 is 0 Å². The molecule has 0 radical (unpaired) electrons. The van der Waals surface area contributed by atoms with Crippen LogP contribution in [0.2, 0.25) is 0 Å². The lowest BCUT2D eigenvalue weighted by Crippen LogP contribution is -1.96. The molecule has 0 aromatic rings. The van der Waals surface area contributed by atoms with E-state index in [0.717, 1.165) is 6.42 Å². The third-order valence-electron chi connectivity index (χ3n) is 1.01. The van der Waals surface area contributed by atoms with Gasteiger partial charge in [-0.15, -0.1) is 0 Å². The molecule has 0 fully saturated rings. The van der Waals surface area contributed by atoms with Gasteiger partial charge in [0.15, 0.2) is 0 Å². The summed E-state index contributed by atoms with van der Waals surface area (Å²) in [6.07, 6.45) is 1.08. The predicted octanol–water partition coefficient (Wildman–Crippen LogP) is 1.02. The second-order valence-electron chi connectivity index (χ2n) is 2.01. The van der Waals surface area contributed by atoms with Crippen LogP contribution in [0.1, 0.15) is 27.2 Å². The van der Waals surface area contributed by atoms with Crippen molar-refractivity contribution in [2.24, 2.45) is 5.92 Å². The number of hydrogen-bond acceptors (Lipinski definition) is 2. The summed E-state index contributed by atoms with van der Waals surface area (Å²) < 4.78 is 0. The molecule has 0 spiro atoms. The average Bonchev–Trinajstić information content (AvgIpc) is 1.88. The molecule has 0 aliphatic heterocycles. The minimum Gasteiger partial charge on any atom is -0.397 e. The molecule has 0 rings (SSSR count). The standard InChI is InChI=1S/C5H12O.C2H6O/c1-3-5(2)4-6;1-2-3/h5-6H,3-4H2,1-2H3;3H,2H2,1H3. The first-order chi connectivity index (χ1) is 4.22. The van der Waals surface area contributed by atoms with Gasteiger partial charge in [0.05, 0.1) is 0 Å². The zero-order valence-corrected chi connectivity index (χ0v) is 6.59. The maximum Gasteiger partial charge on any atom is 0.0456 e. The first kappa shape index (κ1) is 11.7. The van der Waals surface area contributed by atoms with Crippen LogP contribution < -0.4 is 0 Å². The van der Waals surface area contributed by atoms with Crippen molar-refractivity contribution in [3.8, 4) is 0 Å². The molecular formula is C7H18O2. The van der Waals surface area contributed by atoms with Crippen LogP contribution in [0, 0.1) is 5.92 Å². The average molecular weight is 134 g/mol. The summed E-state index contributed by atoms with van der Waals surface area (Å²) in [5.74, 6) is 0.491. The second-order valence-corrected chi connectivity index (χ2v) is 2.01. The van der Waals surface area contributed by atoms with Gasteiger partial charge in [-0.2, -0.15) is 0 Å². The Labute approximate surface area is 57.5 Å². The van der Waals surface area contributed by atoms with Crippen LogP contribution in [0.15, 0.2) is 0 Å². The van der Waals surface area contributed by atoms with Crippen LogP contribution in [-0.4, -0.2) is 23.4 Å². The highest BCUT2D eigenvalue weighted by Gasteiger charge is 1.90. The molecule has 2 N–H and O–H groups in total. The van der Waals surface area contributed by atoms with E-state index in [1.165, 1.54) is 0 Å². The lowest BCUT2D eigenvalue weighted by molar-refractivity contribution is 0.234. The van der Waals surface area contributed by atoms with Gasteiger partial charge < -0.3 is 10.2 Å². The molecule has 2 nitrogen and oxygen atoms in total. The number of aliphatic hydroxyl groups is 2. The van der Waals surface area contributed by atoms with Crippen molar-refractivity contribution in [1.29, 1.82) is 0 Å². The molecule has 0 amide bonds. The Balaban J connectivity index is 0. The van der Waals surface area contributed by atoms with Gasteiger partial charge in [0.2, 0.25) is 0 Å². The molecule has 1 unspecified atom stereocenters. The van der Waals surface area contributed by atoms with E-state index >= 15 is 0 Å². The lowest BCUT2D eigenvalue weighted by atomic mass is 10.1. The monoisotopic (exact) mass is 134 g/mol. The second kappa shape index (κ2) is 10.8. The summed E-state index contributed by atoms with van der Waals surface area (Å²) in [7, 11) is 0. The summed E-state index contributed by atoms with van der Waals surface area (Å²) in [6, 6.07) is 0. The highest BCUT2D eigenvalue weighted by Crippen LogP contribution is 1.95. The quantitative estimate of drug-likeness (QED) is 0.592. The first-order valence-corrected chi connectivity index (χ1v) is 3.44. The molecule has 2 heteroatoms. The Morgan fingerprint density at radius 1 is 1.22 bits per heavy atom. The minimum atomic E-state index is 0.250. The van der Waals surface area contributed by atoms with Gasteiger partial charge >= 0.3 is 0 Å². The molecule has 0 bridgehead atoms. The molecule has 0 aliphatic carbocycles. The fourth-order valence-electron chi connectivity index (χ4n) is 0.129. The van der Waals surface area contributed by atoms with E-state index in [9.17, 15) is 0 Å². The zero-order chi connectivity index (χ0) is 7.70. The minimum absolute atomic E-state index is 0.250. The van der Waals surface area contributed by atoms with Crippen molar-refractivity contribution in [1.82, 2.24) is 0 Å². The van der Waals surface area contributed by atoms with Crippen molar-refractivity contribution in [3.05, 3.63) is 0 Å². The Bertz CT molecular complexity index is 33.9.